The average molecular weight is 442 g/mol. The van der Waals surface area contributed by atoms with E-state index in [-0.39, 0.29) is 11.7 Å². The molecular weight excluding hydrogens is 422 g/mol. The number of hydrogen-bond donors (Lipinski definition) is 0. The van der Waals surface area contributed by atoms with Crippen molar-refractivity contribution in [3.63, 3.8) is 0 Å². The maximum Gasteiger partial charge on any atom is 0.306 e. The Bertz CT molecular complexity index is 852. The molecule has 2 aromatic rings. The van der Waals surface area contributed by atoms with Gasteiger partial charge in [0.1, 0.15) is 5.75 Å². The second-order valence-corrected chi connectivity index (χ2v) is 8.15. The van der Waals surface area contributed by atoms with E-state index in [2.05, 4.69) is 15.9 Å². The quantitative estimate of drug-likeness (QED) is 0.588. The fraction of sp³-hybridized carbons (Fsp3) is 0.278. The molecule has 6 nitrogen and oxygen atoms in total. The van der Waals surface area contributed by atoms with Crippen molar-refractivity contribution in [1.29, 1.82) is 0 Å². The summed E-state index contributed by atoms with van der Waals surface area (Å²) in [6.07, 6.45) is 0.988. The summed E-state index contributed by atoms with van der Waals surface area (Å²) in [5.41, 5.74) is 1.32. The van der Waals surface area contributed by atoms with Gasteiger partial charge < -0.3 is 13.8 Å². The molecule has 0 atom stereocenters. The zero-order chi connectivity index (χ0) is 19.2. The predicted octanol–water partition coefficient (Wildman–Crippen LogP) is 3.08. The molecule has 0 unspecified atom stereocenters. The molecule has 0 heterocycles. The van der Waals surface area contributed by atoms with E-state index in [0.29, 0.717) is 25.3 Å². The standard InChI is InChI=1S/C18H20BrNO5S/c1-24-11-10-20(18(21)15-6-8-16(19)9-7-15)13-14-4-3-5-17(12-14)25-26(2,22)23/h3-9,12H,10-11,13H2,1-2H3. The maximum absolute atomic E-state index is 12.8. The number of methoxy groups -OCH3 is 1. The molecule has 8 heteroatoms. The van der Waals surface area contributed by atoms with Crippen molar-refractivity contribution < 1.29 is 22.1 Å². The molecule has 26 heavy (non-hydrogen) atoms. The van der Waals surface area contributed by atoms with Crippen LogP contribution in [0, 0.1) is 0 Å². The summed E-state index contributed by atoms with van der Waals surface area (Å²) in [5, 5.41) is 0. The van der Waals surface area contributed by atoms with Gasteiger partial charge in [-0.1, -0.05) is 28.1 Å². The molecule has 0 fully saturated rings. The predicted molar refractivity (Wildman–Crippen MR) is 103 cm³/mol. The molecule has 0 bridgehead atoms. The van der Waals surface area contributed by atoms with E-state index in [1.165, 1.54) is 0 Å². The highest BCUT2D eigenvalue weighted by atomic mass is 79.9. The number of benzene rings is 2. The highest BCUT2D eigenvalue weighted by Crippen LogP contribution is 2.18. The third-order valence-corrected chi connectivity index (χ3v) is 4.49. The molecule has 0 aliphatic heterocycles. The minimum atomic E-state index is -3.60. The molecule has 2 rings (SSSR count). The molecule has 0 saturated heterocycles. The molecular formula is C18H20BrNO5S. The SMILES string of the molecule is COCCN(Cc1cccc(OS(C)(=O)=O)c1)C(=O)c1ccc(Br)cc1. The van der Waals surface area contributed by atoms with E-state index in [0.717, 1.165) is 16.3 Å². The van der Waals surface area contributed by atoms with Gasteiger partial charge in [0, 0.05) is 30.2 Å². The van der Waals surface area contributed by atoms with Gasteiger partial charge in [0.15, 0.2) is 0 Å². The lowest BCUT2D eigenvalue weighted by atomic mass is 10.1. The number of rotatable bonds is 8. The third-order valence-electron chi connectivity index (χ3n) is 3.46. The van der Waals surface area contributed by atoms with E-state index in [9.17, 15) is 13.2 Å². The second-order valence-electron chi connectivity index (χ2n) is 5.66. The summed E-state index contributed by atoms with van der Waals surface area (Å²) >= 11 is 3.35. The Hall–Kier alpha value is -1.90. The van der Waals surface area contributed by atoms with Crippen LogP contribution in [-0.4, -0.2) is 45.7 Å². The largest absolute Gasteiger partial charge is 0.383 e. The minimum absolute atomic E-state index is 0.135. The van der Waals surface area contributed by atoms with Crippen LogP contribution in [0.4, 0.5) is 0 Å². The van der Waals surface area contributed by atoms with Gasteiger partial charge in [-0.05, 0) is 42.0 Å². The van der Waals surface area contributed by atoms with Gasteiger partial charge in [0.2, 0.25) is 0 Å². The fourth-order valence-corrected chi connectivity index (χ4v) is 3.04. The van der Waals surface area contributed by atoms with Crippen molar-refractivity contribution in [1.82, 2.24) is 4.90 Å². The van der Waals surface area contributed by atoms with Crippen LogP contribution in [0.3, 0.4) is 0 Å². The van der Waals surface area contributed by atoms with Crippen LogP contribution in [-0.2, 0) is 21.4 Å². The fourth-order valence-electron chi connectivity index (χ4n) is 2.32. The lowest BCUT2D eigenvalue weighted by Gasteiger charge is -2.23. The zero-order valence-electron chi connectivity index (χ0n) is 14.5. The van der Waals surface area contributed by atoms with Gasteiger partial charge in [0.05, 0.1) is 12.9 Å². The Morgan fingerprint density at radius 1 is 1.15 bits per heavy atom. The van der Waals surface area contributed by atoms with E-state index >= 15 is 0 Å². The highest BCUT2D eigenvalue weighted by molar-refractivity contribution is 9.10. The van der Waals surface area contributed by atoms with Crippen molar-refractivity contribution in [2.75, 3.05) is 26.5 Å². The van der Waals surface area contributed by atoms with E-state index < -0.39 is 10.1 Å². The monoisotopic (exact) mass is 441 g/mol. The van der Waals surface area contributed by atoms with Crippen LogP contribution in [0.2, 0.25) is 0 Å². The van der Waals surface area contributed by atoms with E-state index in [1.54, 1.807) is 42.3 Å². The number of halogens is 1. The van der Waals surface area contributed by atoms with Gasteiger partial charge in [-0.15, -0.1) is 0 Å². The number of amides is 1. The highest BCUT2D eigenvalue weighted by Gasteiger charge is 2.16. The summed E-state index contributed by atoms with van der Waals surface area (Å²) in [6.45, 7) is 1.10. The molecule has 0 spiro atoms. The first-order chi connectivity index (χ1) is 12.3. The molecule has 0 aliphatic rings. The Kier molecular flexibility index (Phi) is 7.19. The number of ether oxygens (including phenoxy) is 1. The minimum Gasteiger partial charge on any atom is -0.383 e. The summed E-state index contributed by atoms with van der Waals surface area (Å²) < 4.78 is 33.5. The van der Waals surface area contributed by atoms with Gasteiger partial charge in [0.25, 0.3) is 5.91 Å². The average Bonchev–Trinajstić information content (AvgIpc) is 2.57. The summed E-state index contributed by atoms with van der Waals surface area (Å²) in [5.74, 6) is 0.0803. The topological polar surface area (TPSA) is 72.9 Å². The van der Waals surface area contributed by atoms with Crippen LogP contribution in [0.25, 0.3) is 0 Å². The Labute approximate surface area is 162 Å². The molecule has 0 aliphatic carbocycles. The van der Waals surface area contributed by atoms with Gasteiger partial charge in [-0.2, -0.15) is 8.42 Å². The van der Waals surface area contributed by atoms with E-state index in [1.807, 2.05) is 18.2 Å². The number of carbonyl (C=O) groups excluding carboxylic acids is 1. The van der Waals surface area contributed by atoms with Crippen molar-refractivity contribution in [2.45, 2.75) is 6.54 Å². The maximum atomic E-state index is 12.8. The van der Waals surface area contributed by atoms with E-state index in [4.69, 9.17) is 8.92 Å². The lowest BCUT2D eigenvalue weighted by molar-refractivity contribution is 0.0680. The van der Waals surface area contributed by atoms with Gasteiger partial charge in [-0.3, -0.25) is 4.79 Å². The van der Waals surface area contributed by atoms with Crippen LogP contribution < -0.4 is 4.18 Å². The molecule has 0 aromatic heterocycles. The first-order valence-corrected chi connectivity index (χ1v) is 10.4. The summed E-state index contributed by atoms with van der Waals surface area (Å²) in [6, 6.07) is 13.8. The van der Waals surface area contributed by atoms with Crippen LogP contribution in [0.15, 0.2) is 53.0 Å². The van der Waals surface area contributed by atoms with Gasteiger partial charge >= 0.3 is 10.1 Å². The van der Waals surface area contributed by atoms with Crippen molar-refractivity contribution >= 4 is 32.0 Å². The smallest absolute Gasteiger partial charge is 0.306 e. The van der Waals surface area contributed by atoms with Crippen LogP contribution in [0.1, 0.15) is 15.9 Å². The Balaban J connectivity index is 2.20. The number of hydrogen-bond acceptors (Lipinski definition) is 5. The third kappa shape index (κ3) is 6.44. The van der Waals surface area contributed by atoms with Crippen molar-refractivity contribution in [3.05, 3.63) is 64.1 Å². The molecule has 0 saturated carbocycles. The number of nitrogens with zero attached hydrogens (tertiary/aromatic N) is 1. The molecule has 0 N–H and O–H groups in total. The Morgan fingerprint density at radius 3 is 2.46 bits per heavy atom. The zero-order valence-corrected chi connectivity index (χ0v) is 16.9. The second kappa shape index (κ2) is 9.16. The van der Waals surface area contributed by atoms with Crippen molar-refractivity contribution in [2.24, 2.45) is 0 Å². The van der Waals surface area contributed by atoms with Crippen LogP contribution >= 0.6 is 15.9 Å². The first-order valence-electron chi connectivity index (χ1n) is 7.80. The molecule has 2 aromatic carbocycles. The number of carbonyl (C=O) groups is 1. The molecule has 0 radical (unpaired) electrons. The normalized spacial score (nSPS) is 11.2. The first kappa shape index (κ1) is 20.4. The summed E-state index contributed by atoms with van der Waals surface area (Å²) in [7, 11) is -2.03. The Morgan fingerprint density at radius 2 is 1.85 bits per heavy atom. The summed E-state index contributed by atoms with van der Waals surface area (Å²) in [4.78, 5) is 14.5. The van der Waals surface area contributed by atoms with Crippen molar-refractivity contribution in [3.8, 4) is 5.75 Å². The van der Waals surface area contributed by atoms with Crippen LogP contribution in [0.5, 0.6) is 5.75 Å². The molecule has 140 valence electrons. The lowest BCUT2D eigenvalue weighted by Crippen LogP contribution is -2.33. The molecule has 1 amide bonds. The van der Waals surface area contributed by atoms with Gasteiger partial charge in [-0.25, -0.2) is 0 Å².